The predicted molar refractivity (Wildman–Crippen MR) is 141 cm³/mol. The predicted octanol–water partition coefficient (Wildman–Crippen LogP) is 4.24. The number of hydrogen-bond donors (Lipinski definition) is 0. The van der Waals surface area contributed by atoms with Gasteiger partial charge < -0.3 is 4.74 Å². The highest BCUT2D eigenvalue weighted by molar-refractivity contribution is 7.89. The topological polar surface area (TPSA) is 110 Å². The van der Waals surface area contributed by atoms with Gasteiger partial charge in [0.2, 0.25) is 0 Å². The average Bonchev–Trinajstić information content (AvgIpc) is 3.31. The highest BCUT2D eigenvalue weighted by atomic mass is 32.2. The number of carbonyl (C=O) groups is 1. The molecule has 1 aliphatic heterocycles. The van der Waals surface area contributed by atoms with Gasteiger partial charge in [0.25, 0.3) is 15.7 Å². The van der Waals surface area contributed by atoms with Crippen LogP contribution < -0.4 is 0 Å². The van der Waals surface area contributed by atoms with Gasteiger partial charge in [-0.1, -0.05) is 72.5 Å². The van der Waals surface area contributed by atoms with E-state index in [1.807, 2.05) is 36.4 Å². The largest absolute Gasteiger partial charge is 0.448 e. The van der Waals surface area contributed by atoms with Crippen LogP contribution in [0.2, 0.25) is 0 Å². The molecule has 2 aliphatic rings. The summed E-state index contributed by atoms with van der Waals surface area (Å²) < 4.78 is 33.3. The Labute approximate surface area is 220 Å². The Balaban J connectivity index is 1.25. The maximum Gasteiger partial charge on any atom is 0.410 e. The number of fused-ring (bicyclic) bond motifs is 3. The fraction of sp³-hybridized carbons (Fsp3) is 0.250. The van der Waals surface area contributed by atoms with Crippen molar-refractivity contribution in [3.8, 4) is 23.0 Å². The number of rotatable bonds is 5. The molecule has 0 aromatic heterocycles. The number of nitro benzene ring substituents is 1. The third kappa shape index (κ3) is 4.86. The normalized spacial score (nSPS) is 15.7. The lowest BCUT2D eigenvalue weighted by Crippen LogP contribution is -2.36. The molecule has 1 amide bonds. The van der Waals surface area contributed by atoms with Gasteiger partial charge in [-0.25, -0.2) is 13.2 Å². The second-order valence-corrected chi connectivity index (χ2v) is 10.9. The summed E-state index contributed by atoms with van der Waals surface area (Å²) in [7, 11) is -4.15. The molecule has 0 radical (unpaired) electrons. The van der Waals surface area contributed by atoms with Crippen LogP contribution in [0, 0.1) is 22.0 Å². The number of nitro groups is 1. The van der Waals surface area contributed by atoms with E-state index in [0.717, 1.165) is 32.6 Å². The summed E-state index contributed by atoms with van der Waals surface area (Å²) in [6.45, 7) is 0.419. The van der Waals surface area contributed by atoms with E-state index in [4.69, 9.17) is 4.74 Å². The Morgan fingerprint density at radius 1 is 0.921 bits per heavy atom. The molecule has 9 nitrogen and oxygen atoms in total. The summed E-state index contributed by atoms with van der Waals surface area (Å²) in [4.78, 5) is 24.8. The minimum Gasteiger partial charge on any atom is -0.448 e. The Bertz CT molecular complexity index is 1510. The molecule has 0 bridgehead atoms. The zero-order valence-electron chi connectivity index (χ0n) is 20.4. The van der Waals surface area contributed by atoms with Crippen molar-refractivity contribution in [3.63, 3.8) is 0 Å². The first-order chi connectivity index (χ1) is 18.4. The van der Waals surface area contributed by atoms with E-state index in [1.165, 1.54) is 23.1 Å². The summed E-state index contributed by atoms with van der Waals surface area (Å²) >= 11 is 0. The number of sulfonamides is 1. The zero-order valence-corrected chi connectivity index (χ0v) is 21.3. The van der Waals surface area contributed by atoms with Crippen molar-refractivity contribution in [3.05, 3.63) is 94.0 Å². The number of benzene rings is 3. The lowest BCUT2D eigenvalue weighted by Gasteiger charge is -2.23. The van der Waals surface area contributed by atoms with Gasteiger partial charge in [0.1, 0.15) is 6.61 Å². The van der Waals surface area contributed by atoms with E-state index in [0.29, 0.717) is 6.42 Å². The van der Waals surface area contributed by atoms with Crippen molar-refractivity contribution in [1.29, 1.82) is 0 Å². The first-order valence-electron chi connectivity index (χ1n) is 12.2. The Morgan fingerprint density at radius 2 is 1.53 bits per heavy atom. The van der Waals surface area contributed by atoms with Gasteiger partial charge >= 0.3 is 6.09 Å². The van der Waals surface area contributed by atoms with Gasteiger partial charge in [0, 0.05) is 25.1 Å². The van der Waals surface area contributed by atoms with Gasteiger partial charge in [-0.2, -0.15) is 4.31 Å². The van der Waals surface area contributed by atoms with E-state index in [2.05, 4.69) is 24.0 Å². The number of amides is 1. The Kier molecular flexibility index (Phi) is 7.13. The molecule has 194 valence electrons. The minimum atomic E-state index is -4.15. The lowest BCUT2D eigenvalue weighted by molar-refractivity contribution is -0.387. The fourth-order valence-electron chi connectivity index (χ4n) is 4.90. The Hall–Kier alpha value is -4.20. The third-order valence-electron chi connectivity index (χ3n) is 6.76. The van der Waals surface area contributed by atoms with Gasteiger partial charge in [-0.15, -0.1) is 0 Å². The zero-order chi connectivity index (χ0) is 26.7. The summed E-state index contributed by atoms with van der Waals surface area (Å²) in [6, 6.07) is 21.4. The lowest BCUT2D eigenvalue weighted by atomic mass is 9.98. The van der Waals surface area contributed by atoms with Gasteiger partial charge in [-0.05, 0) is 34.7 Å². The summed E-state index contributed by atoms with van der Waals surface area (Å²) in [5.41, 5.74) is 4.01. The molecule has 10 heteroatoms. The molecule has 1 heterocycles. The van der Waals surface area contributed by atoms with Crippen LogP contribution >= 0.6 is 0 Å². The van der Waals surface area contributed by atoms with E-state index >= 15 is 0 Å². The molecular formula is C28H25N3O6S. The molecule has 0 unspecified atom stereocenters. The average molecular weight is 532 g/mol. The fourth-order valence-corrected chi connectivity index (χ4v) is 6.44. The van der Waals surface area contributed by atoms with Crippen molar-refractivity contribution in [2.45, 2.75) is 17.2 Å². The number of para-hydroxylation sites is 1. The summed E-state index contributed by atoms with van der Waals surface area (Å²) in [5, 5.41) is 11.4. The molecule has 38 heavy (non-hydrogen) atoms. The third-order valence-corrected chi connectivity index (χ3v) is 8.65. The maximum atomic E-state index is 13.2. The SMILES string of the molecule is O=C(OCC1c2ccccc2-c2ccccc21)N1CC#CCN(S(=O)(=O)c2ccccc2[N+](=O)[O-])CCC1. The minimum absolute atomic E-state index is 0.0518. The molecule has 0 atom stereocenters. The molecule has 0 N–H and O–H groups in total. The molecule has 5 rings (SSSR count). The highest BCUT2D eigenvalue weighted by Crippen LogP contribution is 2.44. The van der Waals surface area contributed by atoms with Crippen LogP contribution in [0.15, 0.2) is 77.7 Å². The standard InChI is InChI=1S/C28H25N3O6S/c32-28(37-20-25-23-12-3-1-10-21(23)22-11-2-4-13-24(22)25)29-16-7-8-18-30(19-9-17-29)38(35,36)27-15-6-5-14-26(27)31(33)34/h1-6,10-15,25H,9,16-20H2. The molecule has 0 spiro atoms. The first-order valence-corrected chi connectivity index (χ1v) is 13.6. The van der Waals surface area contributed by atoms with Crippen LogP contribution in [0.1, 0.15) is 23.5 Å². The smallest absolute Gasteiger partial charge is 0.410 e. The van der Waals surface area contributed by atoms with Gasteiger partial charge in [0.15, 0.2) is 4.90 Å². The van der Waals surface area contributed by atoms with Crippen molar-refractivity contribution >= 4 is 21.8 Å². The molecule has 1 aliphatic carbocycles. The number of carbonyl (C=O) groups excluding carboxylic acids is 1. The highest BCUT2D eigenvalue weighted by Gasteiger charge is 2.32. The summed E-state index contributed by atoms with van der Waals surface area (Å²) in [6.07, 6.45) is -0.205. The van der Waals surface area contributed by atoms with Crippen molar-refractivity contribution in [1.82, 2.24) is 9.21 Å². The van der Waals surface area contributed by atoms with Crippen molar-refractivity contribution in [2.75, 3.05) is 32.8 Å². The van der Waals surface area contributed by atoms with Crippen LogP contribution in [0.3, 0.4) is 0 Å². The molecule has 3 aromatic carbocycles. The molecule has 0 saturated carbocycles. The monoisotopic (exact) mass is 531 g/mol. The summed E-state index contributed by atoms with van der Waals surface area (Å²) in [5.74, 6) is 5.56. The second kappa shape index (κ2) is 10.7. The molecule has 0 saturated heterocycles. The number of hydrogen-bond acceptors (Lipinski definition) is 6. The van der Waals surface area contributed by atoms with Crippen LogP contribution in [0.25, 0.3) is 11.1 Å². The van der Waals surface area contributed by atoms with Crippen LogP contribution in [0.5, 0.6) is 0 Å². The van der Waals surface area contributed by atoms with Crippen molar-refractivity contribution < 1.29 is 22.9 Å². The van der Waals surface area contributed by atoms with E-state index in [1.54, 1.807) is 0 Å². The molecular weight excluding hydrogens is 506 g/mol. The van der Waals surface area contributed by atoms with Crippen LogP contribution in [0.4, 0.5) is 10.5 Å². The van der Waals surface area contributed by atoms with Crippen LogP contribution in [-0.2, 0) is 14.8 Å². The number of nitrogens with zero attached hydrogens (tertiary/aromatic N) is 3. The second-order valence-electron chi connectivity index (χ2n) is 9.00. The van der Waals surface area contributed by atoms with Gasteiger partial charge in [-0.3, -0.25) is 15.0 Å². The molecule has 3 aromatic rings. The van der Waals surface area contributed by atoms with Crippen molar-refractivity contribution in [2.24, 2.45) is 0 Å². The quantitative estimate of drug-likeness (QED) is 0.277. The van der Waals surface area contributed by atoms with E-state index in [-0.39, 0.29) is 43.6 Å². The Morgan fingerprint density at radius 3 is 2.21 bits per heavy atom. The van der Waals surface area contributed by atoms with Crippen LogP contribution in [-0.4, -0.2) is 61.4 Å². The maximum absolute atomic E-state index is 13.2. The van der Waals surface area contributed by atoms with Gasteiger partial charge in [0.05, 0.1) is 18.0 Å². The first kappa shape index (κ1) is 25.4. The molecule has 0 fully saturated rings. The van der Waals surface area contributed by atoms with E-state index in [9.17, 15) is 23.3 Å². The van der Waals surface area contributed by atoms with E-state index < -0.39 is 26.7 Å². The number of ether oxygens (including phenoxy) is 1.